The molecule has 0 aliphatic carbocycles. The van der Waals surface area contributed by atoms with Crippen LogP contribution in [-0.2, 0) is 19.4 Å². The van der Waals surface area contributed by atoms with Crippen LogP contribution < -0.4 is 11.1 Å². The second-order valence-electron chi connectivity index (χ2n) is 4.59. The molecule has 2 unspecified atom stereocenters. The second-order valence-corrected chi connectivity index (χ2v) is 6.85. The molecule has 2 atom stereocenters. The van der Waals surface area contributed by atoms with Gasteiger partial charge < -0.3 is 16.2 Å². The van der Waals surface area contributed by atoms with Gasteiger partial charge in [-0.25, -0.2) is 13.2 Å². The number of hydrogen-bond donors (Lipinski definition) is 3. The first-order chi connectivity index (χ1) is 8.04. The Hall–Kier alpha value is -1.15. The molecule has 0 radical (unpaired) electrons. The lowest BCUT2D eigenvalue weighted by Crippen LogP contribution is -2.50. The van der Waals surface area contributed by atoms with Crippen molar-refractivity contribution in [1.29, 1.82) is 0 Å². The van der Waals surface area contributed by atoms with Gasteiger partial charge in [0.05, 0.1) is 11.8 Å². The Morgan fingerprint density at radius 1 is 1.33 bits per heavy atom. The Bertz CT molecular complexity index is 404. The van der Waals surface area contributed by atoms with E-state index in [0.717, 1.165) is 6.26 Å². The molecule has 0 aromatic rings. The number of amides is 1. The van der Waals surface area contributed by atoms with Gasteiger partial charge in [0, 0.05) is 6.26 Å². The largest absolute Gasteiger partial charge is 0.480 e. The van der Waals surface area contributed by atoms with Gasteiger partial charge in [-0.3, -0.25) is 4.79 Å². The van der Waals surface area contributed by atoms with Crippen LogP contribution in [0.25, 0.3) is 0 Å². The zero-order chi connectivity index (χ0) is 14.5. The highest BCUT2D eigenvalue weighted by atomic mass is 32.2. The fourth-order valence-electron chi connectivity index (χ4n) is 1.25. The van der Waals surface area contributed by atoms with Crippen LogP contribution in [0.5, 0.6) is 0 Å². The summed E-state index contributed by atoms with van der Waals surface area (Å²) in [6.45, 7) is 3.31. The van der Waals surface area contributed by atoms with Crippen molar-refractivity contribution in [1.82, 2.24) is 5.32 Å². The van der Waals surface area contributed by atoms with E-state index in [1.165, 1.54) is 0 Å². The average molecular weight is 280 g/mol. The standard InChI is InChI=1S/C10H20N2O5S/c1-6(2)8(10(14)15)12-9(13)7(11)4-5-18(3,16)17/h6-8H,4-5,11H2,1-3H3,(H,12,13)(H,14,15). The zero-order valence-corrected chi connectivity index (χ0v) is 11.5. The molecule has 4 N–H and O–H groups in total. The lowest BCUT2D eigenvalue weighted by Gasteiger charge is -2.20. The molecule has 0 aliphatic heterocycles. The molecule has 0 aromatic heterocycles. The molecular formula is C10H20N2O5S. The molecule has 0 spiro atoms. The van der Waals surface area contributed by atoms with E-state index in [1.54, 1.807) is 13.8 Å². The molecule has 1 amide bonds. The molecule has 0 saturated heterocycles. The summed E-state index contributed by atoms with van der Waals surface area (Å²) in [5.74, 6) is -2.29. The van der Waals surface area contributed by atoms with Gasteiger partial charge >= 0.3 is 5.97 Å². The predicted molar refractivity (Wildman–Crippen MR) is 66.7 cm³/mol. The lowest BCUT2D eigenvalue weighted by atomic mass is 10.0. The number of hydrogen-bond acceptors (Lipinski definition) is 5. The van der Waals surface area contributed by atoms with Crippen LogP contribution in [0.2, 0.25) is 0 Å². The van der Waals surface area contributed by atoms with E-state index in [1.807, 2.05) is 0 Å². The van der Waals surface area contributed by atoms with Crippen molar-refractivity contribution in [2.24, 2.45) is 11.7 Å². The van der Waals surface area contributed by atoms with Crippen molar-refractivity contribution >= 4 is 21.7 Å². The van der Waals surface area contributed by atoms with Gasteiger partial charge in [-0.15, -0.1) is 0 Å². The van der Waals surface area contributed by atoms with Crippen molar-refractivity contribution in [3.05, 3.63) is 0 Å². The summed E-state index contributed by atoms with van der Waals surface area (Å²) in [4.78, 5) is 22.4. The van der Waals surface area contributed by atoms with Crippen molar-refractivity contribution in [2.75, 3.05) is 12.0 Å². The third-order valence-electron chi connectivity index (χ3n) is 2.37. The molecule has 7 nitrogen and oxygen atoms in total. The van der Waals surface area contributed by atoms with Crippen LogP contribution in [0.4, 0.5) is 0 Å². The van der Waals surface area contributed by atoms with Gasteiger partial charge in [-0.1, -0.05) is 13.8 Å². The van der Waals surface area contributed by atoms with E-state index in [0.29, 0.717) is 0 Å². The summed E-state index contributed by atoms with van der Waals surface area (Å²) < 4.78 is 21.8. The second kappa shape index (κ2) is 6.69. The number of carbonyl (C=O) groups excluding carboxylic acids is 1. The van der Waals surface area contributed by atoms with Crippen LogP contribution in [0, 0.1) is 5.92 Å². The SMILES string of the molecule is CC(C)C(NC(=O)C(N)CCS(C)(=O)=O)C(=O)O. The average Bonchev–Trinajstić information content (AvgIpc) is 2.19. The minimum Gasteiger partial charge on any atom is -0.480 e. The van der Waals surface area contributed by atoms with Crippen LogP contribution in [0.1, 0.15) is 20.3 Å². The Kier molecular flexibility index (Phi) is 6.27. The monoisotopic (exact) mass is 280 g/mol. The summed E-state index contributed by atoms with van der Waals surface area (Å²) in [6, 6.07) is -2.05. The number of carbonyl (C=O) groups is 2. The maximum atomic E-state index is 11.6. The van der Waals surface area contributed by atoms with Crippen LogP contribution in [0.3, 0.4) is 0 Å². The predicted octanol–water partition coefficient (Wildman–Crippen LogP) is -1.03. The third kappa shape index (κ3) is 6.55. The van der Waals surface area contributed by atoms with Crippen molar-refractivity contribution in [3.63, 3.8) is 0 Å². The Morgan fingerprint density at radius 2 is 1.83 bits per heavy atom. The van der Waals surface area contributed by atoms with Crippen molar-refractivity contribution in [2.45, 2.75) is 32.4 Å². The Balaban J connectivity index is 4.43. The first-order valence-corrected chi connectivity index (χ1v) is 7.57. The summed E-state index contributed by atoms with van der Waals surface area (Å²) >= 11 is 0. The molecule has 0 saturated carbocycles. The van der Waals surface area contributed by atoms with Gasteiger partial charge in [-0.2, -0.15) is 0 Å². The van der Waals surface area contributed by atoms with Gasteiger partial charge in [0.2, 0.25) is 5.91 Å². The molecule has 0 heterocycles. The summed E-state index contributed by atoms with van der Waals surface area (Å²) in [7, 11) is -3.19. The van der Waals surface area contributed by atoms with Gasteiger partial charge in [0.15, 0.2) is 0 Å². The van der Waals surface area contributed by atoms with Crippen LogP contribution >= 0.6 is 0 Å². The van der Waals surface area contributed by atoms with Gasteiger partial charge in [-0.05, 0) is 12.3 Å². The minimum absolute atomic E-state index is 0.0326. The topological polar surface area (TPSA) is 127 Å². The molecular weight excluding hydrogens is 260 g/mol. The highest BCUT2D eigenvalue weighted by Crippen LogP contribution is 2.03. The summed E-state index contributed by atoms with van der Waals surface area (Å²) in [5.41, 5.74) is 5.50. The summed E-state index contributed by atoms with van der Waals surface area (Å²) in [6.07, 6.45) is 1.01. The number of nitrogens with one attached hydrogen (secondary N) is 1. The fraction of sp³-hybridized carbons (Fsp3) is 0.800. The van der Waals surface area contributed by atoms with E-state index in [2.05, 4.69) is 5.32 Å². The molecule has 0 aliphatic rings. The number of carboxylic acids is 1. The Morgan fingerprint density at radius 3 is 2.17 bits per heavy atom. The van der Waals surface area contributed by atoms with Crippen molar-refractivity contribution in [3.8, 4) is 0 Å². The smallest absolute Gasteiger partial charge is 0.326 e. The van der Waals surface area contributed by atoms with Gasteiger partial charge in [0.25, 0.3) is 0 Å². The molecule has 106 valence electrons. The van der Waals surface area contributed by atoms with Crippen LogP contribution in [0.15, 0.2) is 0 Å². The van der Waals surface area contributed by atoms with Gasteiger partial charge in [0.1, 0.15) is 15.9 Å². The molecule has 18 heavy (non-hydrogen) atoms. The third-order valence-corrected chi connectivity index (χ3v) is 3.34. The molecule has 0 aromatic carbocycles. The molecule has 8 heteroatoms. The quantitative estimate of drug-likeness (QED) is 0.547. The minimum atomic E-state index is -3.19. The molecule has 0 bridgehead atoms. The Labute approximate surface area is 107 Å². The maximum Gasteiger partial charge on any atom is 0.326 e. The van der Waals surface area contributed by atoms with E-state index in [4.69, 9.17) is 10.8 Å². The number of nitrogens with two attached hydrogens (primary N) is 1. The highest BCUT2D eigenvalue weighted by molar-refractivity contribution is 7.90. The normalized spacial score (nSPS) is 15.2. The lowest BCUT2D eigenvalue weighted by molar-refractivity contribution is -0.143. The number of carboxylic acid groups (broad SMARTS) is 1. The first kappa shape index (κ1) is 16.9. The van der Waals surface area contributed by atoms with E-state index >= 15 is 0 Å². The first-order valence-electron chi connectivity index (χ1n) is 5.51. The van der Waals surface area contributed by atoms with Crippen molar-refractivity contribution < 1.29 is 23.1 Å². The highest BCUT2D eigenvalue weighted by Gasteiger charge is 2.26. The van der Waals surface area contributed by atoms with E-state index in [9.17, 15) is 18.0 Å². The van der Waals surface area contributed by atoms with E-state index in [-0.39, 0.29) is 18.1 Å². The van der Waals surface area contributed by atoms with Crippen LogP contribution in [-0.4, -0.2) is 49.5 Å². The number of aliphatic carboxylic acids is 1. The molecule has 0 fully saturated rings. The molecule has 0 rings (SSSR count). The number of rotatable bonds is 7. The fourth-order valence-corrected chi connectivity index (χ4v) is 1.93. The maximum absolute atomic E-state index is 11.6. The van der Waals surface area contributed by atoms with E-state index < -0.39 is 33.8 Å². The summed E-state index contributed by atoms with van der Waals surface area (Å²) in [5, 5.41) is 11.2. The zero-order valence-electron chi connectivity index (χ0n) is 10.7. The number of sulfone groups is 1.